The van der Waals surface area contributed by atoms with Gasteiger partial charge in [0.1, 0.15) is 0 Å². The van der Waals surface area contributed by atoms with E-state index in [1.807, 2.05) is 18.2 Å². The summed E-state index contributed by atoms with van der Waals surface area (Å²) < 4.78 is 10.4. The average Bonchev–Trinajstić information content (AvgIpc) is 3.28. The van der Waals surface area contributed by atoms with Crippen molar-refractivity contribution in [1.29, 1.82) is 0 Å². The van der Waals surface area contributed by atoms with Gasteiger partial charge in [0.25, 0.3) is 11.8 Å². The van der Waals surface area contributed by atoms with E-state index in [0.717, 1.165) is 0 Å². The molecule has 3 aromatic rings. The van der Waals surface area contributed by atoms with Gasteiger partial charge in [-0.2, -0.15) is 0 Å². The number of anilines is 2. The molecule has 0 aliphatic heterocycles. The van der Waals surface area contributed by atoms with Gasteiger partial charge in [0.2, 0.25) is 0 Å². The van der Waals surface area contributed by atoms with E-state index in [9.17, 15) is 14.4 Å². The van der Waals surface area contributed by atoms with Crippen LogP contribution >= 0.6 is 0 Å². The maximum absolute atomic E-state index is 12.6. The van der Waals surface area contributed by atoms with Crippen LogP contribution < -0.4 is 10.2 Å². The van der Waals surface area contributed by atoms with Crippen molar-refractivity contribution in [1.82, 2.24) is 0 Å². The lowest BCUT2D eigenvalue weighted by molar-refractivity contribution is -0.126. The van der Waals surface area contributed by atoms with Crippen molar-refractivity contribution >= 4 is 29.2 Å². The molecule has 0 saturated heterocycles. The number of carbonyl (C=O) groups excluding carboxylic acids is 3. The molecule has 0 unspecified atom stereocenters. The molecular formula is C22H20N2O5. The van der Waals surface area contributed by atoms with Gasteiger partial charge in [-0.25, -0.2) is 4.79 Å². The van der Waals surface area contributed by atoms with E-state index in [0.29, 0.717) is 5.69 Å². The van der Waals surface area contributed by atoms with Gasteiger partial charge in [0.05, 0.1) is 17.5 Å². The molecule has 7 nitrogen and oxygen atoms in total. The van der Waals surface area contributed by atoms with E-state index in [2.05, 4.69) is 5.32 Å². The highest BCUT2D eigenvalue weighted by molar-refractivity contribution is 6.07. The van der Waals surface area contributed by atoms with Gasteiger partial charge in [-0.05, 0) is 43.3 Å². The summed E-state index contributed by atoms with van der Waals surface area (Å²) >= 11 is 0. The maximum atomic E-state index is 12.6. The second-order valence-corrected chi connectivity index (χ2v) is 6.26. The number of rotatable bonds is 6. The number of nitrogens with one attached hydrogen (secondary N) is 1. The van der Waals surface area contributed by atoms with Gasteiger partial charge in [-0.1, -0.05) is 30.3 Å². The molecule has 0 radical (unpaired) electrons. The molecule has 7 heteroatoms. The van der Waals surface area contributed by atoms with Crippen molar-refractivity contribution < 1.29 is 23.5 Å². The molecule has 0 aliphatic carbocycles. The summed E-state index contributed by atoms with van der Waals surface area (Å²) in [7, 11) is 1.61. The number of esters is 1. The molecule has 0 aliphatic rings. The zero-order valence-corrected chi connectivity index (χ0v) is 16.0. The largest absolute Gasteiger partial charge is 0.459 e. The first-order valence-electron chi connectivity index (χ1n) is 8.95. The summed E-state index contributed by atoms with van der Waals surface area (Å²) in [6.45, 7) is 1.50. The van der Waals surface area contributed by atoms with E-state index < -0.39 is 18.0 Å². The quantitative estimate of drug-likeness (QED) is 0.646. The van der Waals surface area contributed by atoms with Crippen LogP contribution in [-0.4, -0.2) is 30.9 Å². The van der Waals surface area contributed by atoms with Gasteiger partial charge >= 0.3 is 5.97 Å². The summed E-state index contributed by atoms with van der Waals surface area (Å²) in [4.78, 5) is 38.9. The number of hydrogen-bond donors (Lipinski definition) is 1. The fourth-order valence-corrected chi connectivity index (χ4v) is 2.69. The number of amides is 2. The van der Waals surface area contributed by atoms with Gasteiger partial charge in [-0.15, -0.1) is 0 Å². The smallest absolute Gasteiger partial charge is 0.341 e. The van der Waals surface area contributed by atoms with E-state index >= 15 is 0 Å². The Morgan fingerprint density at radius 2 is 1.66 bits per heavy atom. The number of hydrogen-bond acceptors (Lipinski definition) is 5. The van der Waals surface area contributed by atoms with E-state index in [1.165, 1.54) is 30.2 Å². The molecule has 3 rings (SSSR count). The summed E-state index contributed by atoms with van der Waals surface area (Å²) in [5.41, 5.74) is 1.08. The highest BCUT2D eigenvalue weighted by Gasteiger charge is 2.24. The highest BCUT2D eigenvalue weighted by atomic mass is 16.5. The first-order valence-corrected chi connectivity index (χ1v) is 8.95. The molecule has 0 spiro atoms. The lowest BCUT2D eigenvalue weighted by Crippen LogP contribution is -2.37. The Morgan fingerprint density at radius 3 is 2.34 bits per heavy atom. The molecule has 2 amide bonds. The number of furan rings is 1. The van der Waals surface area contributed by atoms with Crippen molar-refractivity contribution in [2.75, 3.05) is 17.3 Å². The second-order valence-electron chi connectivity index (χ2n) is 6.26. The van der Waals surface area contributed by atoms with Crippen LogP contribution in [0.4, 0.5) is 11.4 Å². The Labute approximate surface area is 167 Å². The number of nitrogens with zero attached hydrogens (tertiary/aromatic N) is 1. The zero-order valence-electron chi connectivity index (χ0n) is 16.0. The van der Waals surface area contributed by atoms with Gasteiger partial charge in [0.15, 0.2) is 11.9 Å². The van der Waals surface area contributed by atoms with Crippen molar-refractivity contribution in [3.8, 4) is 0 Å². The Bertz CT molecular complexity index is 999. The minimum atomic E-state index is -1.01. The van der Waals surface area contributed by atoms with Crippen molar-refractivity contribution in [3.63, 3.8) is 0 Å². The van der Waals surface area contributed by atoms with Crippen molar-refractivity contribution in [3.05, 3.63) is 84.3 Å². The van der Waals surface area contributed by atoms with Crippen LogP contribution in [0.1, 0.15) is 27.8 Å². The monoisotopic (exact) mass is 392 g/mol. The average molecular weight is 392 g/mol. The van der Waals surface area contributed by atoms with Crippen LogP contribution in [0, 0.1) is 0 Å². The summed E-state index contributed by atoms with van der Waals surface area (Å²) in [6.07, 6.45) is 0.368. The molecule has 1 heterocycles. The number of benzene rings is 2. The maximum Gasteiger partial charge on any atom is 0.341 e. The molecule has 0 saturated carbocycles. The number of likely N-dealkylation sites (N-methyl/N-ethyl adjacent to an activating group) is 1. The predicted molar refractivity (Wildman–Crippen MR) is 108 cm³/mol. The van der Waals surface area contributed by atoms with E-state index in [-0.39, 0.29) is 22.9 Å². The molecule has 1 N–H and O–H groups in total. The predicted octanol–water partition coefficient (Wildman–Crippen LogP) is 3.74. The van der Waals surface area contributed by atoms with Crippen molar-refractivity contribution in [2.45, 2.75) is 13.0 Å². The third kappa shape index (κ3) is 4.70. The SMILES string of the molecule is C[C@@H](OC(=O)c1ccccc1NC(=O)c1ccco1)C(=O)N(C)c1ccccc1. The summed E-state index contributed by atoms with van der Waals surface area (Å²) in [6, 6.07) is 18.5. The lowest BCUT2D eigenvalue weighted by Gasteiger charge is -2.22. The Hall–Kier alpha value is -3.87. The van der Waals surface area contributed by atoms with Crippen LogP contribution in [0.3, 0.4) is 0 Å². The standard InChI is InChI=1S/C22H20N2O5/c1-15(21(26)24(2)16-9-4-3-5-10-16)29-22(27)17-11-6-7-12-18(17)23-20(25)19-13-8-14-28-19/h3-15H,1-2H3,(H,23,25)/t15-/m1/s1. The zero-order chi connectivity index (χ0) is 20.8. The lowest BCUT2D eigenvalue weighted by atomic mass is 10.1. The summed E-state index contributed by atoms with van der Waals surface area (Å²) in [5, 5.41) is 2.62. The number of para-hydroxylation sites is 2. The van der Waals surface area contributed by atoms with Gasteiger partial charge < -0.3 is 19.4 Å². The van der Waals surface area contributed by atoms with Crippen LogP contribution in [0.15, 0.2) is 77.4 Å². The number of carbonyl (C=O) groups is 3. The van der Waals surface area contributed by atoms with Crippen LogP contribution in [0.5, 0.6) is 0 Å². The first-order chi connectivity index (χ1) is 14.0. The fraction of sp³-hybridized carbons (Fsp3) is 0.136. The molecule has 148 valence electrons. The Kier molecular flexibility index (Phi) is 6.09. The van der Waals surface area contributed by atoms with E-state index in [1.54, 1.807) is 43.4 Å². The highest BCUT2D eigenvalue weighted by Crippen LogP contribution is 2.19. The van der Waals surface area contributed by atoms with Gasteiger partial charge in [0, 0.05) is 12.7 Å². The third-order valence-corrected chi connectivity index (χ3v) is 4.25. The minimum absolute atomic E-state index is 0.112. The normalized spacial score (nSPS) is 11.4. The molecule has 29 heavy (non-hydrogen) atoms. The molecule has 2 aromatic carbocycles. The molecule has 1 atom stereocenters. The van der Waals surface area contributed by atoms with Gasteiger partial charge in [-0.3, -0.25) is 9.59 Å². The summed E-state index contributed by atoms with van der Waals surface area (Å²) in [5.74, 6) is -1.48. The Balaban J connectivity index is 1.70. The fourth-order valence-electron chi connectivity index (χ4n) is 2.69. The minimum Gasteiger partial charge on any atom is -0.459 e. The molecule has 0 bridgehead atoms. The third-order valence-electron chi connectivity index (χ3n) is 4.25. The van der Waals surface area contributed by atoms with Crippen LogP contribution in [-0.2, 0) is 9.53 Å². The second kappa shape index (κ2) is 8.88. The molecule has 0 fully saturated rings. The number of ether oxygens (including phenoxy) is 1. The van der Waals surface area contributed by atoms with Crippen LogP contribution in [0.25, 0.3) is 0 Å². The van der Waals surface area contributed by atoms with Crippen LogP contribution in [0.2, 0.25) is 0 Å². The topological polar surface area (TPSA) is 88.8 Å². The molecular weight excluding hydrogens is 372 g/mol. The van der Waals surface area contributed by atoms with Crippen molar-refractivity contribution in [2.24, 2.45) is 0 Å². The van der Waals surface area contributed by atoms with E-state index in [4.69, 9.17) is 9.15 Å². The molecule has 1 aromatic heterocycles. The first kappa shape index (κ1) is 19.9. The Morgan fingerprint density at radius 1 is 0.966 bits per heavy atom.